The molecule has 60 heavy (non-hydrogen) atoms. The van der Waals surface area contributed by atoms with Gasteiger partial charge in [-0.3, -0.25) is 14.5 Å². The summed E-state index contributed by atoms with van der Waals surface area (Å²) in [6, 6.07) is 43.7. The van der Waals surface area contributed by atoms with E-state index in [2.05, 4.69) is 118 Å². The van der Waals surface area contributed by atoms with Crippen molar-refractivity contribution in [3.8, 4) is 5.75 Å². The summed E-state index contributed by atoms with van der Waals surface area (Å²) in [4.78, 5) is 30.8. The summed E-state index contributed by atoms with van der Waals surface area (Å²) in [5.41, 5.74) is 5.68. The first kappa shape index (κ1) is 40.3. The summed E-state index contributed by atoms with van der Waals surface area (Å²) in [5.74, 6) is -0.662. The van der Waals surface area contributed by atoms with Gasteiger partial charge in [-0.15, -0.1) is 0 Å². The van der Waals surface area contributed by atoms with Gasteiger partial charge in [-0.25, -0.2) is 0 Å². The lowest BCUT2D eigenvalue weighted by Gasteiger charge is -2.44. The number of imide groups is 1. The molecule has 1 saturated carbocycles. The Bertz CT molecular complexity index is 2370. The van der Waals surface area contributed by atoms with Crippen molar-refractivity contribution >= 4 is 52.9 Å². The van der Waals surface area contributed by atoms with Gasteiger partial charge in [-0.05, 0) is 86.8 Å². The van der Waals surface area contributed by atoms with Gasteiger partial charge in [0.05, 0.1) is 31.2 Å². The predicted molar refractivity (Wildman–Crippen MR) is 243 cm³/mol. The van der Waals surface area contributed by atoms with E-state index in [4.69, 9.17) is 9.16 Å². The first-order valence-corrected chi connectivity index (χ1v) is 24.0. The number of hydrogen-bond acceptors (Lipinski definition) is 5. The number of phenols is 1. The molecule has 0 spiro atoms. The molecule has 6 nitrogen and oxygen atoms in total. The van der Waals surface area contributed by atoms with E-state index < -0.39 is 20.2 Å². The molecule has 9 rings (SSSR count). The summed E-state index contributed by atoms with van der Waals surface area (Å²) in [6.45, 7) is 7.71. The highest BCUT2D eigenvalue weighted by Crippen LogP contribution is 2.51. The van der Waals surface area contributed by atoms with Gasteiger partial charge in [0.2, 0.25) is 11.8 Å². The van der Waals surface area contributed by atoms with Gasteiger partial charge in [0.25, 0.3) is 8.32 Å². The maximum Gasteiger partial charge on any atom is 0.261 e. The van der Waals surface area contributed by atoms with Gasteiger partial charge in [0.1, 0.15) is 5.75 Å². The average molecular weight is 816 g/mol. The number of aromatic hydroxyl groups is 1. The van der Waals surface area contributed by atoms with Crippen molar-refractivity contribution in [2.45, 2.75) is 89.3 Å². The molecule has 2 saturated heterocycles. The molecule has 5 aromatic carbocycles. The number of phenolic OH excluding ortho intramolecular Hbond substituents is 1. The summed E-state index contributed by atoms with van der Waals surface area (Å²) < 4.78 is 14.5. The number of likely N-dealkylation sites (tertiary alicyclic amines) is 1. The topological polar surface area (TPSA) is 76.1 Å². The van der Waals surface area contributed by atoms with Crippen LogP contribution in [-0.2, 0) is 18.8 Å². The Labute approximate surface area is 356 Å². The molecule has 0 aromatic heterocycles. The highest BCUT2D eigenvalue weighted by atomic mass is 28.4. The third-order valence-electron chi connectivity index (χ3n) is 13.9. The molecule has 0 unspecified atom stereocenters. The second-order valence-electron chi connectivity index (χ2n) is 18.4. The lowest BCUT2D eigenvalue weighted by atomic mass is 9.69. The quantitative estimate of drug-likeness (QED) is 0.0622. The number of rotatable bonds is 11. The second kappa shape index (κ2) is 16.8. The second-order valence-corrected chi connectivity index (χ2v) is 22.7. The monoisotopic (exact) mass is 815 g/mol. The Morgan fingerprint density at radius 3 is 2.03 bits per heavy atom. The van der Waals surface area contributed by atoms with Crippen molar-refractivity contribution in [2.24, 2.45) is 17.8 Å². The van der Waals surface area contributed by atoms with Crippen LogP contribution in [0.4, 0.5) is 0 Å². The van der Waals surface area contributed by atoms with Gasteiger partial charge in [-0.1, -0.05) is 167 Å². The van der Waals surface area contributed by atoms with E-state index in [1.807, 2.05) is 30.3 Å². The standard InChI is InChI=1S/C53H57NO5Si/c1-53(2,3)60(41-22-12-6-13-23-41,42-24-14-7-15-25-42)59-34-39-33-45-50(52(57)54(51(45)56)40-20-10-5-11-21-40)46-35-58-48(49(39)46)31-29-37(36-18-8-4-9-19-36)32-38-28-30-47(55)44-27-17-16-26-43(38)44/h4,6-9,12-19,22-28,30,32,40,45-46,48,50,55H,5,10-11,20-21,29,31,33-35H2,1-3H3/b37-32-/t45-,46+,48-,50-/m1/s1. The van der Waals surface area contributed by atoms with E-state index in [9.17, 15) is 14.7 Å². The summed E-state index contributed by atoms with van der Waals surface area (Å²) in [5, 5.41) is 14.7. The van der Waals surface area contributed by atoms with Gasteiger partial charge in [0, 0.05) is 17.3 Å². The van der Waals surface area contributed by atoms with E-state index in [0.29, 0.717) is 19.6 Å². The van der Waals surface area contributed by atoms with Crippen LogP contribution in [0.25, 0.3) is 22.4 Å². The molecule has 0 bridgehead atoms. The van der Waals surface area contributed by atoms with Crippen molar-refractivity contribution in [1.29, 1.82) is 0 Å². The maximum absolute atomic E-state index is 14.6. The molecule has 2 aliphatic heterocycles. The Hall–Kier alpha value is -5.08. The smallest absolute Gasteiger partial charge is 0.261 e. The SMILES string of the molecule is CC(C)(C)[Si](OCC1=C2[C@@H](CC/C(=C/c3ccc(O)c4ccccc34)c3ccccc3)OC[C@@H]2[C@@H]2C(=O)N(C3CCCCC3)C(=O)[C@@H]2C1)(c1ccccc1)c1ccccc1. The van der Waals surface area contributed by atoms with Crippen LogP contribution in [-0.4, -0.2) is 55.5 Å². The fourth-order valence-electron chi connectivity index (χ4n) is 11.1. The zero-order valence-electron chi connectivity index (χ0n) is 35.2. The van der Waals surface area contributed by atoms with Crippen molar-refractivity contribution < 1.29 is 23.9 Å². The van der Waals surface area contributed by atoms with Crippen molar-refractivity contribution in [3.63, 3.8) is 0 Å². The number of hydrogen-bond donors (Lipinski definition) is 1. The Morgan fingerprint density at radius 1 is 0.767 bits per heavy atom. The molecule has 4 aliphatic rings. The van der Waals surface area contributed by atoms with Crippen LogP contribution < -0.4 is 10.4 Å². The van der Waals surface area contributed by atoms with Crippen molar-refractivity contribution in [3.05, 3.63) is 150 Å². The zero-order chi connectivity index (χ0) is 41.4. The Kier molecular flexibility index (Phi) is 11.3. The molecule has 2 amide bonds. The van der Waals surface area contributed by atoms with Gasteiger partial charge < -0.3 is 14.3 Å². The molecule has 4 atom stereocenters. The zero-order valence-corrected chi connectivity index (χ0v) is 36.2. The van der Waals surface area contributed by atoms with Gasteiger partial charge in [-0.2, -0.15) is 0 Å². The number of nitrogens with zero attached hydrogens (tertiary/aromatic N) is 1. The number of carbonyl (C=O) groups is 2. The van der Waals surface area contributed by atoms with Crippen LogP contribution in [0.2, 0.25) is 5.04 Å². The summed E-state index contributed by atoms with van der Waals surface area (Å²) in [7, 11) is -2.92. The lowest BCUT2D eigenvalue weighted by molar-refractivity contribution is -0.143. The third kappa shape index (κ3) is 7.29. The van der Waals surface area contributed by atoms with Crippen molar-refractivity contribution in [2.75, 3.05) is 13.2 Å². The summed E-state index contributed by atoms with van der Waals surface area (Å²) >= 11 is 0. The number of allylic oxidation sites excluding steroid dienone is 1. The number of fused-ring (bicyclic) bond motifs is 4. The highest BCUT2D eigenvalue weighted by molar-refractivity contribution is 6.99. The van der Waals surface area contributed by atoms with Crippen LogP contribution in [0.1, 0.15) is 83.3 Å². The number of carbonyl (C=O) groups excluding carboxylic acids is 2. The van der Waals surface area contributed by atoms with Crippen LogP contribution in [0.5, 0.6) is 5.75 Å². The first-order chi connectivity index (χ1) is 29.2. The molecule has 5 aromatic rings. The maximum atomic E-state index is 14.6. The van der Waals surface area contributed by atoms with E-state index in [1.165, 1.54) is 21.5 Å². The minimum Gasteiger partial charge on any atom is -0.507 e. The number of ether oxygens (including phenoxy) is 1. The first-order valence-electron chi connectivity index (χ1n) is 22.1. The fraction of sp³-hybridized carbons (Fsp3) is 0.358. The Balaban J connectivity index is 1.11. The Morgan fingerprint density at radius 2 is 1.38 bits per heavy atom. The van der Waals surface area contributed by atoms with Crippen molar-refractivity contribution in [1.82, 2.24) is 4.90 Å². The molecule has 3 fully saturated rings. The lowest BCUT2D eigenvalue weighted by Crippen LogP contribution is -2.66. The normalized spacial score (nSPS) is 22.7. The molecule has 308 valence electrons. The van der Waals surface area contributed by atoms with E-state index in [1.54, 1.807) is 11.0 Å². The average Bonchev–Trinajstić information content (AvgIpc) is 3.81. The van der Waals surface area contributed by atoms with Crippen LogP contribution >= 0.6 is 0 Å². The summed E-state index contributed by atoms with van der Waals surface area (Å²) in [6.07, 6.45) is 9.08. The number of amides is 2. The van der Waals surface area contributed by atoms with Crippen LogP contribution in [0.15, 0.2) is 139 Å². The molecule has 2 aliphatic carbocycles. The molecular formula is C53H57NO5Si. The van der Waals surface area contributed by atoms with Crippen LogP contribution in [0.3, 0.4) is 0 Å². The molecule has 0 radical (unpaired) electrons. The van der Waals surface area contributed by atoms with Gasteiger partial charge in [0.15, 0.2) is 0 Å². The van der Waals surface area contributed by atoms with E-state index in [0.717, 1.165) is 72.4 Å². The fourth-order valence-corrected chi connectivity index (χ4v) is 15.7. The highest BCUT2D eigenvalue weighted by Gasteiger charge is 2.59. The molecule has 7 heteroatoms. The molecule has 2 heterocycles. The minimum absolute atomic E-state index is 0.00252. The largest absolute Gasteiger partial charge is 0.507 e. The third-order valence-corrected chi connectivity index (χ3v) is 18.9. The van der Waals surface area contributed by atoms with Crippen LogP contribution in [0, 0.1) is 17.8 Å². The number of benzene rings is 5. The predicted octanol–water partition coefficient (Wildman–Crippen LogP) is 10.1. The molecular weight excluding hydrogens is 759 g/mol. The minimum atomic E-state index is -2.92. The van der Waals surface area contributed by atoms with E-state index in [-0.39, 0.29) is 40.7 Å². The van der Waals surface area contributed by atoms with E-state index >= 15 is 0 Å². The van der Waals surface area contributed by atoms with Gasteiger partial charge >= 0.3 is 0 Å². The molecule has 1 N–H and O–H groups in total.